The summed E-state index contributed by atoms with van der Waals surface area (Å²) in [4.78, 5) is 14.7. The molecule has 0 aromatic heterocycles. The van der Waals surface area contributed by atoms with E-state index in [4.69, 9.17) is 14.2 Å². The predicted molar refractivity (Wildman–Crippen MR) is 107 cm³/mol. The highest BCUT2D eigenvalue weighted by Gasteiger charge is 2.17. The Balaban J connectivity index is 1.42. The van der Waals surface area contributed by atoms with Crippen LogP contribution in [0, 0.1) is 0 Å². The summed E-state index contributed by atoms with van der Waals surface area (Å²) < 4.78 is 16.4. The third-order valence-electron chi connectivity index (χ3n) is 4.78. The van der Waals surface area contributed by atoms with Crippen LogP contribution in [0.15, 0.2) is 41.5 Å². The van der Waals surface area contributed by atoms with Crippen LogP contribution in [0.5, 0.6) is 17.2 Å². The van der Waals surface area contributed by atoms with Gasteiger partial charge in [-0.1, -0.05) is 0 Å². The van der Waals surface area contributed by atoms with E-state index in [9.17, 15) is 4.79 Å². The molecule has 2 heterocycles. The molecule has 0 saturated carbocycles. The van der Waals surface area contributed by atoms with Gasteiger partial charge in [0.05, 0.1) is 12.8 Å². The molecule has 1 saturated heterocycles. The van der Waals surface area contributed by atoms with E-state index in [1.54, 1.807) is 18.3 Å². The average Bonchev–Trinajstić information content (AvgIpc) is 3.40. The van der Waals surface area contributed by atoms with Crippen LogP contribution in [-0.2, 0) is 0 Å². The molecule has 4 rings (SSSR count). The lowest BCUT2D eigenvalue weighted by molar-refractivity contribution is 0.0955. The topological polar surface area (TPSA) is 72.4 Å². The number of carbonyl (C=O) groups is 1. The van der Waals surface area contributed by atoms with Gasteiger partial charge in [0.25, 0.3) is 5.91 Å². The van der Waals surface area contributed by atoms with Gasteiger partial charge in [0.15, 0.2) is 11.5 Å². The molecule has 2 aromatic carbocycles. The normalized spacial score (nSPS) is 15.2. The fraction of sp³-hybridized carbons (Fsp3) is 0.333. The lowest BCUT2D eigenvalue weighted by Crippen LogP contribution is -2.19. The van der Waals surface area contributed by atoms with Crippen molar-refractivity contribution in [2.75, 3.05) is 31.4 Å². The largest absolute Gasteiger partial charge is 0.493 e. The van der Waals surface area contributed by atoms with Gasteiger partial charge >= 0.3 is 0 Å². The van der Waals surface area contributed by atoms with Crippen molar-refractivity contribution in [2.45, 2.75) is 19.8 Å². The number of hydrogen-bond donors (Lipinski definition) is 1. The van der Waals surface area contributed by atoms with E-state index in [2.05, 4.69) is 15.4 Å². The number of rotatable bonds is 6. The number of fused-ring (bicyclic) bond motifs is 1. The summed E-state index contributed by atoms with van der Waals surface area (Å²) in [7, 11) is 0. The molecule has 0 atom stereocenters. The highest BCUT2D eigenvalue weighted by Crippen LogP contribution is 2.37. The number of hydrazone groups is 1. The number of anilines is 1. The second-order valence-electron chi connectivity index (χ2n) is 6.62. The Bertz CT molecular complexity index is 874. The van der Waals surface area contributed by atoms with Crippen molar-refractivity contribution in [3.63, 3.8) is 0 Å². The maximum absolute atomic E-state index is 12.4. The van der Waals surface area contributed by atoms with Crippen LogP contribution in [-0.4, -0.2) is 38.6 Å². The number of ether oxygens (including phenoxy) is 3. The molecule has 7 nitrogen and oxygen atoms in total. The summed E-state index contributed by atoms with van der Waals surface area (Å²) in [5.74, 6) is 1.64. The van der Waals surface area contributed by atoms with Gasteiger partial charge in [-0.2, -0.15) is 5.10 Å². The van der Waals surface area contributed by atoms with Gasteiger partial charge in [0.2, 0.25) is 6.79 Å². The number of nitrogens with one attached hydrogen (secondary N) is 1. The summed E-state index contributed by atoms with van der Waals surface area (Å²) >= 11 is 0. The first kappa shape index (κ1) is 18.2. The number of nitrogens with zero attached hydrogens (tertiary/aromatic N) is 2. The van der Waals surface area contributed by atoms with Crippen molar-refractivity contribution in [3.8, 4) is 17.2 Å². The van der Waals surface area contributed by atoms with Crippen LogP contribution in [0.3, 0.4) is 0 Å². The molecule has 1 N–H and O–H groups in total. The van der Waals surface area contributed by atoms with Crippen LogP contribution >= 0.6 is 0 Å². The molecule has 28 heavy (non-hydrogen) atoms. The smallest absolute Gasteiger partial charge is 0.271 e. The van der Waals surface area contributed by atoms with E-state index in [-0.39, 0.29) is 12.7 Å². The van der Waals surface area contributed by atoms with Crippen molar-refractivity contribution in [3.05, 3.63) is 47.5 Å². The molecule has 0 spiro atoms. The summed E-state index contributed by atoms with van der Waals surface area (Å²) in [5.41, 5.74) is 4.98. The van der Waals surface area contributed by atoms with E-state index in [0.29, 0.717) is 35.0 Å². The SMILES string of the molecule is CCOc1cc2c(cc1/C=N\NC(=O)c1ccc(N3CCCC3)cc1)OCO2. The lowest BCUT2D eigenvalue weighted by atomic mass is 10.2. The molecule has 0 aliphatic carbocycles. The molecule has 146 valence electrons. The zero-order valence-electron chi connectivity index (χ0n) is 15.8. The Kier molecular flexibility index (Phi) is 5.32. The summed E-state index contributed by atoms with van der Waals surface area (Å²) in [5, 5.41) is 4.07. The lowest BCUT2D eigenvalue weighted by Gasteiger charge is -2.17. The first-order chi connectivity index (χ1) is 13.7. The van der Waals surface area contributed by atoms with Gasteiger partial charge < -0.3 is 19.1 Å². The quantitative estimate of drug-likeness (QED) is 0.615. The van der Waals surface area contributed by atoms with E-state index >= 15 is 0 Å². The minimum absolute atomic E-state index is 0.186. The Morgan fingerprint density at radius 2 is 1.89 bits per heavy atom. The summed E-state index contributed by atoms with van der Waals surface area (Å²) in [6.45, 7) is 4.75. The Hall–Kier alpha value is -3.22. The van der Waals surface area contributed by atoms with Crippen LogP contribution < -0.4 is 24.5 Å². The molecule has 1 fully saturated rings. The summed E-state index contributed by atoms with van der Waals surface area (Å²) in [6, 6.07) is 11.2. The molecule has 0 bridgehead atoms. The van der Waals surface area contributed by atoms with E-state index in [0.717, 1.165) is 18.8 Å². The average molecular weight is 381 g/mol. The number of hydrogen-bond acceptors (Lipinski definition) is 6. The van der Waals surface area contributed by atoms with Crippen molar-refractivity contribution in [2.24, 2.45) is 5.10 Å². The maximum atomic E-state index is 12.4. The van der Waals surface area contributed by atoms with Crippen molar-refractivity contribution in [1.82, 2.24) is 5.43 Å². The predicted octanol–water partition coefficient (Wildman–Crippen LogP) is 3.18. The minimum atomic E-state index is -0.261. The van der Waals surface area contributed by atoms with Gasteiger partial charge in [-0.3, -0.25) is 4.79 Å². The molecular formula is C21H23N3O4. The molecule has 0 radical (unpaired) electrons. The van der Waals surface area contributed by atoms with Gasteiger partial charge in [0.1, 0.15) is 5.75 Å². The van der Waals surface area contributed by atoms with Gasteiger partial charge in [-0.05, 0) is 50.1 Å². The van der Waals surface area contributed by atoms with E-state index in [1.807, 2.05) is 31.2 Å². The maximum Gasteiger partial charge on any atom is 0.271 e. The first-order valence-electron chi connectivity index (χ1n) is 9.49. The Morgan fingerprint density at radius 3 is 2.61 bits per heavy atom. The van der Waals surface area contributed by atoms with Crippen molar-refractivity contribution < 1.29 is 19.0 Å². The molecule has 2 aliphatic heterocycles. The Labute approximate surface area is 163 Å². The zero-order valence-corrected chi connectivity index (χ0v) is 15.8. The van der Waals surface area contributed by atoms with Crippen molar-refractivity contribution in [1.29, 1.82) is 0 Å². The number of amides is 1. The summed E-state index contributed by atoms with van der Waals surface area (Å²) in [6.07, 6.45) is 3.99. The number of carbonyl (C=O) groups excluding carboxylic acids is 1. The second kappa shape index (κ2) is 8.21. The van der Waals surface area contributed by atoms with Crippen LogP contribution in [0.1, 0.15) is 35.7 Å². The Morgan fingerprint density at radius 1 is 1.18 bits per heavy atom. The fourth-order valence-electron chi connectivity index (χ4n) is 3.34. The minimum Gasteiger partial charge on any atom is -0.493 e. The second-order valence-corrected chi connectivity index (χ2v) is 6.62. The molecule has 0 unspecified atom stereocenters. The van der Waals surface area contributed by atoms with Gasteiger partial charge in [-0.15, -0.1) is 0 Å². The first-order valence-corrected chi connectivity index (χ1v) is 9.49. The fourth-order valence-corrected chi connectivity index (χ4v) is 3.34. The van der Waals surface area contributed by atoms with Crippen LogP contribution in [0.2, 0.25) is 0 Å². The third kappa shape index (κ3) is 3.88. The van der Waals surface area contributed by atoms with Crippen molar-refractivity contribution >= 4 is 17.8 Å². The number of benzene rings is 2. The van der Waals surface area contributed by atoms with Gasteiger partial charge in [-0.25, -0.2) is 5.43 Å². The third-order valence-corrected chi connectivity index (χ3v) is 4.78. The van der Waals surface area contributed by atoms with E-state index < -0.39 is 0 Å². The van der Waals surface area contributed by atoms with Crippen LogP contribution in [0.25, 0.3) is 0 Å². The molecule has 2 aromatic rings. The van der Waals surface area contributed by atoms with E-state index in [1.165, 1.54) is 12.8 Å². The van der Waals surface area contributed by atoms with Gasteiger partial charge in [0, 0.05) is 36.0 Å². The zero-order chi connectivity index (χ0) is 19.3. The van der Waals surface area contributed by atoms with Crippen LogP contribution in [0.4, 0.5) is 5.69 Å². The molecule has 1 amide bonds. The highest BCUT2D eigenvalue weighted by molar-refractivity contribution is 5.95. The monoisotopic (exact) mass is 381 g/mol. The standard InChI is InChI=1S/C21H23N3O4/c1-2-26-18-12-20-19(27-14-28-20)11-16(18)13-22-23-21(25)15-5-7-17(8-6-15)24-9-3-4-10-24/h5-8,11-13H,2-4,9-10,14H2,1H3,(H,23,25)/b22-13-. The highest BCUT2D eigenvalue weighted by atomic mass is 16.7. The molecule has 2 aliphatic rings. The molecule has 7 heteroatoms. The molecular weight excluding hydrogens is 358 g/mol.